The second kappa shape index (κ2) is 8.57. The number of nitrogens with zero attached hydrogens (tertiary/aromatic N) is 3. The summed E-state index contributed by atoms with van der Waals surface area (Å²) in [5.74, 6) is -0.317. The molecule has 0 radical (unpaired) electrons. The number of para-hydroxylation sites is 1. The zero-order valence-corrected chi connectivity index (χ0v) is 17.6. The number of rotatable bonds is 6. The van der Waals surface area contributed by atoms with Crippen molar-refractivity contribution in [1.82, 2.24) is 14.3 Å². The van der Waals surface area contributed by atoms with Gasteiger partial charge in [-0.15, -0.1) is 11.3 Å². The van der Waals surface area contributed by atoms with Crippen LogP contribution < -0.4 is 15.6 Å². The molecule has 0 unspecified atom stereocenters. The molecule has 2 aromatic heterocycles. The molecule has 0 aliphatic rings. The molecule has 2 aromatic carbocycles. The van der Waals surface area contributed by atoms with E-state index in [1.54, 1.807) is 24.0 Å². The summed E-state index contributed by atoms with van der Waals surface area (Å²) in [4.78, 5) is 29.9. The van der Waals surface area contributed by atoms with Crippen molar-refractivity contribution in [3.05, 3.63) is 92.5 Å². The van der Waals surface area contributed by atoms with Crippen molar-refractivity contribution in [1.29, 1.82) is 0 Å². The molecule has 31 heavy (non-hydrogen) atoms. The minimum Gasteiger partial charge on any atom is -0.486 e. The third-order valence-electron chi connectivity index (χ3n) is 4.75. The van der Waals surface area contributed by atoms with Gasteiger partial charge in [0.25, 0.3) is 11.5 Å². The van der Waals surface area contributed by atoms with Crippen LogP contribution in [-0.2, 0) is 13.7 Å². The zero-order valence-electron chi connectivity index (χ0n) is 16.8. The Morgan fingerprint density at radius 2 is 1.87 bits per heavy atom. The zero-order chi connectivity index (χ0) is 22.0. The number of carbonyl (C=O) groups is 1. The van der Waals surface area contributed by atoms with Crippen molar-refractivity contribution >= 4 is 22.9 Å². The van der Waals surface area contributed by atoms with Crippen LogP contribution >= 0.6 is 11.3 Å². The van der Waals surface area contributed by atoms with Crippen molar-refractivity contribution in [2.75, 3.05) is 5.32 Å². The van der Waals surface area contributed by atoms with E-state index in [1.807, 2.05) is 30.3 Å². The van der Waals surface area contributed by atoms with Gasteiger partial charge in [0.2, 0.25) is 0 Å². The molecule has 0 atom stereocenters. The van der Waals surface area contributed by atoms with Crippen LogP contribution in [0.5, 0.6) is 5.75 Å². The van der Waals surface area contributed by atoms with Crippen molar-refractivity contribution < 1.29 is 13.9 Å². The summed E-state index contributed by atoms with van der Waals surface area (Å²) in [6.07, 6.45) is 0. The summed E-state index contributed by atoms with van der Waals surface area (Å²) >= 11 is 1.26. The van der Waals surface area contributed by atoms with Crippen LogP contribution in [-0.4, -0.2) is 20.3 Å². The summed E-state index contributed by atoms with van der Waals surface area (Å²) < 4.78 is 21.7. The summed E-state index contributed by atoms with van der Waals surface area (Å²) in [6.45, 7) is 1.91. The summed E-state index contributed by atoms with van der Waals surface area (Å²) in [6, 6.07) is 14.8. The SMILES string of the molecule is Cc1c(NC(=O)c2csc(COc3ccc(F)cc3)n2)c(=O)n(-c2ccccc2)n1C. The lowest BCUT2D eigenvalue weighted by Crippen LogP contribution is -2.23. The molecule has 0 spiro atoms. The maximum atomic E-state index is 13.0. The molecule has 1 N–H and O–H groups in total. The number of carbonyl (C=O) groups excluding carboxylic acids is 1. The van der Waals surface area contributed by atoms with Crippen LogP contribution in [0.15, 0.2) is 64.8 Å². The fourth-order valence-corrected chi connectivity index (χ4v) is 3.73. The van der Waals surface area contributed by atoms with Gasteiger partial charge in [0.15, 0.2) is 0 Å². The predicted molar refractivity (Wildman–Crippen MR) is 117 cm³/mol. The highest BCUT2D eigenvalue weighted by molar-refractivity contribution is 7.09. The maximum Gasteiger partial charge on any atom is 0.295 e. The smallest absolute Gasteiger partial charge is 0.295 e. The average Bonchev–Trinajstić information content (AvgIpc) is 3.33. The van der Waals surface area contributed by atoms with Gasteiger partial charge in [-0.05, 0) is 43.3 Å². The predicted octanol–water partition coefficient (Wildman–Crippen LogP) is 3.91. The van der Waals surface area contributed by atoms with Gasteiger partial charge in [-0.3, -0.25) is 14.3 Å². The molecule has 0 bridgehead atoms. The molecule has 7 nitrogen and oxygen atoms in total. The summed E-state index contributed by atoms with van der Waals surface area (Å²) in [7, 11) is 1.76. The van der Waals surface area contributed by atoms with E-state index < -0.39 is 5.91 Å². The van der Waals surface area contributed by atoms with E-state index in [4.69, 9.17) is 4.74 Å². The third kappa shape index (κ3) is 4.26. The number of nitrogens with one attached hydrogen (secondary N) is 1. The number of anilines is 1. The molecule has 0 aliphatic heterocycles. The van der Waals surface area contributed by atoms with Gasteiger partial charge in [-0.1, -0.05) is 18.2 Å². The Bertz CT molecular complexity index is 1280. The van der Waals surface area contributed by atoms with Gasteiger partial charge in [0, 0.05) is 12.4 Å². The highest BCUT2D eigenvalue weighted by atomic mass is 32.1. The Morgan fingerprint density at radius 3 is 2.58 bits per heavy atom. The van der Waals surface area contributed by atoms with E-state index in [9.17, 15) is 14.0 Å². The number of ether oxygens (including phenoxy) is 1. The first-order valence-electron chi connectivity index (χ1n) is 9.42. The normalized spacial score (nSPS) is 10.8. The highest BCUT2D eigenvalue weighted by Crippen LogP contribution is 2.18. The maximum absolute atomic E-state index is 13.0. The van der Waals surface area contributed by atoms with Crippen molar-refractivity contribution in [3.8, 4) is 11.4 Å². The van der Waals surface area contributed by atoms with E-state index in [0.717, 1.165) is 0 Å². The average molecular weight is 438 g/mol. The molecule has 2 heterocycles. The highest BCUT2D eigenvalue weighted by Gasteiger charge is 2.20. The van der Waals surface area contributed by atoms with Gasteiger partial charge in [-0.2, -0.15) is 0 Å². The fraction of sp³-hybridized carbons (Fsp3) is 0.136. The minimum absolute atomic E-state index is 0.148. The Kier molecular flexibility index (Phi) is 5.68. The van der Waals surface area contributed by atoms with E-state index >= 15 is 0 Å². The Balaban J connectivity index is 1.49. The van der Waals surface area contributed by atoms with Crippen LogP contribution in [0.4, 0.5) is 10.1 Å². The Hall–Kier alpha value is -3.72. The van der Waals surface area contributed by atoms with Crippen LogP contribution in [0.3, 0.4) is 0 Å². The topological polar surface area (TPSA) is 78.2 Å². The van der Waals surface area contributed by atoms with Gasteiger partial charge in [0.05, 0.1) is 11.4 Å². The molecule has 4 aromatic rings. The molecule has 0 saturated carbocycles. The van der Waals surface area contributed by atoms with E-state index in [1.165, 1.54) is 40.3 Å². The molecular weight excluding hydrogens is 419 g/mol. The van der Waals surface area contributed by atoms with Crippen molar-refractivity contribution in [3.63, 3.8) is 0 Å². The summed E-state index contributed by atoms with van der Waals surface area (Å²) in [5.41, 5.74) is 1.39. The Labute approximate surface area is 181 Å². The van der Waals surface area contributed by atoms with Crippen molar-refractivity contribution in [2.24, 2.45) is 7.05 Å². The van der Waals surface area contributed by atoms with Gasteiger partial charge >= 0.3 is 0 Å². The van der Waals surface area contributed by atoms with Crippen LogP contribution in [0, 0.1) is 12.7 Å². The number of amides is 1. The number of aromatic nitrogens is 3. The first-order valence-corrected chi connectivity index (χ1v) is 10.3. The van der Waals surface area contributed by atoms with E-state index in [2.05, 4.69) is 10.3 Å². The van der Waals surface area contributed by atoms with Gasteiger partial charge < -0.3 is 10.1 Å². The van der Waals surface area contributed by atoms with Crippen LogP contribution in [0.2, 0.25) is 0 Å². The number of thiazole rings is 1. The molecule has 1 amide bonds. The van der Waals surface area contributed by atoms with E-state index in [0.29, 0.717) is 22.1 Å². The minimum atomic E-state index is -0.477. The molecule has 0 fully saturated rings. The number of halogens is 1. The van der Waals surface area contributed by atoms with Crippen molar-refractivity contribution in [2.45, 2.75) is 13.5 Å². The lowest BCUT2D eigenvalue weighted by Gasteiger charge is -2.07. The van der Waals surface area contributed by atoms with Gasteiger partial charge in [-0.25, -0.2) is 14.1 Å². The molecule has 0 aliphatic carbocycles. The molecular formula is C22H19FN4O3S. The van der Waals surface area contributed by atoms with E-state index in [-0.39, 0.29) is 29.4 Å². The Morgan fingerprint density at radius 1 is 1.16 bits per heavy atom. The number of hydrogen-bond donors (Lipinski definition) is 1. The first-order chi connectivity index (χ1) is 14.9. The van der Waals surface area contributed by atoms with Gasteiger partial charge in [0.1, 0.15) is 34.6 Å². The molecule has 0 saturated heterocycles. The second-order valence-electron chi connectivity index (χ2n) is 6.76. The number of benzene rings is 2. The third-order valence-corrected chi connectivity index (χ3v) is 5.58. The number of hydrogen-bond acceptors (Lipinski definition) is 5. The van der Waals surface area contributed by atoms with Crippen LogP contribution in [0.25, 0.3) is 5.69 Å². The van der Waals surface area contributed by atoms with Crippen LogP contribution in [0.1, 0.15) is 21.2 Å². The second-order valence-corrected chi connectivity index (χ2v) is 7.70. The fourth-order valence-electron chi connectivity index (χ4n) is 3.05. The summed E-state index contributed by atoms with van der Waals surface area (Å²) in [5, 5.41) is 4.88. The lowest BCUT2D eigenvalue weighted by atomic mass is 10.3. The monoisotopic (exact) mass is 438 g/mol. The molecule has 9 heteroatoms. The largest absolute Gasteiger partial charge is 0.486 e. The molecule has 4 rings (SSSR count). The standard InChI is InChI=1S/C22H19FN4O3S/c1-14-20(22(29)27(26(14)2)16-6-4-3-5-7-16)25-21(28)18-13-31-19(24-18)12-30-17-10-8-15(23)9-11-17/h3-11,13H,12H2,1-2H3,(H,25,28). The molecule has 158 valence electrons. The lowest BCUT2D eigenvalue weighted by molar-refractivity contribution is 0.102. The quantitative estimate of drug-likeness (QED) is 0.495. The first kappa shape index (κ1) is 20.5.